The number of hydrogen-bond donors (Lipinski definition) is 1. The summed E-state index contributed by atoms with van der Waals surface area (Å²) >= 11 is 0. The second-order valence-corrected chi connectivity index (χ2v) is 5.02. The normalized spacial score (nSPS) is 12.8. The molecule has 0 saturated carbocycles. The number of aromatic nitrogens is 3. The van der Waals surface area contributed by atoms with Crippen LogP contribution >= 0.6 is 0 Å². The van der Waals surface area contributed by atoms with E-state index in [1.54, 1.807) is 29.3 Å². The highest BCUT2D eigenvalue weighted by Crippen LogP contribution is 2.27. The van der Waals surface area contributed by atoms with Crippen molar-refractivity contribution in [2.24, 2.45) is 0 Å². The van der Waals surface area contributed by atoms with E-state index in [4.69, 9.17) is 0 Å². The zero-order valence-corrected chi connectivity index (χ0v) is 11.2. The Hall–Kier alpha value is -2.72. The minimum Gasteiger partial charge on any atom is -0.384 e. The quantitative estimate of drug-likeness (QED) is 0.612. The topological polar surface area (TPSA) is 50.4 Å². The summed E-state index contributed by atoms with van der Waals surface area (Å²) < 4.78 is 1.71. The Morgan fingerprint density at radius 1 is 1.00 bits per heavy atom. The van der Waals surface area contributed by atoms with Gasteiger partial charge in [0.05, 0.1) is 17.9 Å². The molecule has 2 heterocycles. The van der Waals surface area contributed by atoms with E-state index in [0.717, 1.165) is 27.4 Å². The first-order chi connectivity index (χ1) is 10.3. The van der Waals surface area contributed by atoms with Gasteiger partial charge in [0.1, 0.15) is 6.10 Å². The van der Waals surface area contributed by atoms with Crippen molar-refractivity contribution >= 4 is 16.3 Å². The van der Waals surface area contributed by atoms with Crippen molar-refractivity contribution in [1.29, 1.82) is 0 Å². The lowest BCUT2D eigenvalue weighted by Crippen LogP contribution is -1.99. The maximum Gasteiger partial charge on any atom is 0.108 e. The second-order valence-electron chi connectivity index (χ2n) is 5.02. The first kappa shape index (κ1) is 12.1. The molecular formula is C17H13N3O. The molecule has 102 valence electrons. The molecule has 2 aromatic carbocycles. The molecule has 2 aromatic heterocycles. The summed E-state index contributed by atoms with van der Waals surface area (Å²) in [7, 11) is 0. The van der Waals surface area contributed by atoms with Crippen LogP contribution in [-0.4, -0.2) is 19.7 Å². The summed E-state index contributed by atoms with van der Waals surface area (Å²) in [6, 6.07) is 14.1. The van der Waals surface area contributed by atoms with E-state index in [1.807, 2.05) is 36.4 Å². The summed E-state index contributed by atoms with van der Waals surface area (Å²) in [5.74, 6) is 0. The molecule has 4 rings (SSSR count). The number of hydrogen-bond acceptors (Lipinski definition) is 3. The van der Waals surface area contributed by atoms with Gasteiger partial charge in [-0.15, -0.1) is 0 Å². The Kier molecular flexibility index (Phi) is 2.69. The summed E-state index contributed by atoms with van der Waals surface area (Å²) in [5, 5.41) is 17.2. The predicted molar refractivity (Wildman–Crippen MR) is 81.0 cm³/mol. The number of rotatable bonds is 2. The third kappa shape index (κ3) is 1.97. The molecule has 0 amide bonds. The van der Waals surface area contributed by atoms with Gasteiger partial charge in [-0.1, -0.05) is 36.4 Å². The molecule has 4 aromatic rings. The molecule has 1 atom stereocenters. The highest BCUT2D eigenvalue weighted by atomic mass is 16.3. The molecule has 0 spiro atoms. The van der Waals surface area contributed by atoms with E-state index in [1.165, 1.54) is 0 Å². The Balaban J connectivity index is 1.83. The lowest BCUT2D eigenvalue weighted by molar-refractivity contribution is 0.222. The van der Waals surface area contributed by atoms with Crippen LogP contribution in [0.5, 0.6) is 0 Å². The maximum atomic E-state index is 10.7. The molecule has 1 unspecified atom stereocenters. The number of aliphatic hydroxyl groups excluding tert-OH is 1. The highest BCUT2D eigenvalue weighted by Gasteiger charge is 2.16. The van der Waals surface area contributed by atoms with Crippen LogP contribution in [0.1, 0.15) is 17.2 Å². The molecule has 0 radical (unpaired) electrons. The van der Waals surface area contributed by atoms with Crippen LogP contribution in [-0.2, 0) is 0 Å². The first-order valence-electron chi connectivity index (χ1n) is 6.77. The largest absolute Gasteiger partial charge is 0.384 e. The van der Waals surface area contributed by atoms with Crippen LogP contribution in [0.4, 0.5) is 0 Å². The predicted octanol–water partition coefficient (Wildman–Crippen LogP) is 2.96. The fourth-order valence-electron chi connectivity index (χ4n) is 2.62. The van der Waals surface area contributed by atoms with Crippen LogP contribution < -0.4 is 0 Å². The van der Waals surface area contributed by atoms with Gasteiger partial charge < -0.3 is 5.11 Å². The average molecular weight is 275 g/mol. The standard InChI is InChI=1S/C17H13N3O/c21-17(15-10-19-20-8-7-18-11-16(15)20)14-6-5-12-3-1-2-4-13(12)9-14/h1-11,17,21H. The van der Waals surface area contributed by atoms with Crippen molar-refractivity contribution in [3.63, 3.8) is 0 Å². The summed E-state index contributed by atoms with van der Waals surface area (Å²) in [6.45, 7) is 0. The lowest BCUT2D eigenvalue weighted by Gasteiger charge is -2.11. The van der Waals surface area contributed by atoms with Crippen LogP contribution in [0.15, 0.2) is 67.3 Å². The van der Waals surface area contributed by atoms with Gasteiger partial charge >= 0.3 is 0 Å². The monoisotopic (exact) mass is 275 g/mol. The van der Waals surface area contributed by atoms with Gasteiger partial charge in [0.25, 0.3) is 0 Å². The van der Waals surface area contributed by atoms with Gasteiger partial charge in [-0.3, -0.25) is 4.98 Å². The van der Waals surface area contributed by atoms with Gasteiger partial charge in [0.15, 0.2) is 0 Å². The summed E-state index contributed by atoms with van der Waals surface area (Å²) in [5.41, 5.74) is 2.43. The van der Waals surface area contributed by atoms with Crippen molar-refractivity contribution in [2.45, 2.75) is 6.10 Å². The summed E-state index contributed by atoms with van der Waals surface area (Å²) in [6.07, 6.45) is 6.14. The van der Waals surface area contributed by atoms with Crippen LogP contribution in [0.2, 0.25) is 0 Å². The first-order valence-corrected chi connectivity index (χ1v) is 6.77. The molecule has 21 heavy (non-hydrogen) atoms. The van der Waals surface area contributed by atoms with Crippen molar-refractivity contribution in [3.05, 3.63) is 78.4 Å². The lowest BCUT2D eigenvalue weighted by atomic mass is 10.00. The maximum absolute atomic E-state index is 10.7. The number of fused-ring (bicyclic) bond motifs is 2. The fourth-order valence-corrected chi connectivity index (χ4v) is 2.62. The molecule has 4 heteroatoms. The van der Waals surface area contributed by atoms with Crippen molar-refractivity contribution in [3.8, 4) is 0 Å². The van der Waals surface area contributed by atoms with Crippen molar-refractivity contribution in [2.75, 3.05) is 0 Å². The Morgan fingerprint density at radius 2 is 1.86 bits per heavy atom. The van der Waals surface area contributed by atoms with E-state index in [0.29, 0.717) is 0 Å². The van der Waals surface area contributed by atoms with Crippen LogP contribution in [0, 0.1) is 0 Å². The van der Waals surface area contributed by atoms with E-state index < -0.39 is 6.10 Å². The molecule has 0 aliphatic heterocycles. The summed E-state index contributed by atoms with van der Waals surface area (Å²) in [4.78, 5) is 4.10. The minimum atomic E-state index is -0.712. The molecular weight excluding hydrogens is 262 g/mol. The smallest absolute Gasteiger partial charge is 0.108 e. The van der Waals surface area contributed by atoms with Gasteiger partial charge in [-0.2, -0.15) is 5.10 Å². The Bertz CT molecular complexity index is 929. The molecule has 0 fully saturated rings. The van der Waals surface area contributed by atoms with Gasteiger partial charge in [0, 0.05) is 18.0 Å². The van der Waals surface area contributed by atoms with E-state index in [2.05, 4.69) is 16.1 Å². The van der Waals surface area contributed by atoms with Crippen LogP contribution in [0.3, 0.4) is 0 Å². The van der Waals surface area contributed by atoms with Gasteiger partial charge in [-0.25, -0.2) is 4.52 Å². The zero-order chi connectivity index (χ0) is 14.2. The third-order valence-corrected chi connectivity index (χ3v) is 3.74. The average Bonchev–Trinajstić information content (AvgIpc) is 2.98. The molecule has 1 N–H and O–H groups in total. The highest BCUT2D eigenvalue weighted by molar-refractivity contribution is 5.83. The minimum absolute atomic E-state index is 0.712. The number of aliphatic hydroxyl groups is 1. The van der Waals surface area contributed by atoms with E-state index in [-0.39, 0.29) is 0 Å². The third-order valence-electron chi connectivity index (χ3n) is 3.74. The van der Waals surface area contributed by atoms with E-state index >= 15 is 0 Å². The molecule has 0 aliphatic rings. The number of benzene rings is 2. The van der Waals surface area contributed by atoms with Crippen molar-refractivity contribution < 1.29 is 5.11 Å². The second kappa shape index (κ2) is 4.68. The van der Waals surface area contributed by atoms with Crippen LogP contribution in [0.25, 0.3) is 16.3 Å². The Labute approximate surface area is 121 Å². The fraction of sp³-hybridized carbons (Fsp3) is 0.0588. The Morgan fingerprint density at radius 3 is 2.76 bits per heavy atom. The molecule has 0 aliphatic carbocycles. The molecule has 4 nitrogen and oxygen atoms in total. The zero-order valence-electron chi connectivity index (χ0n) is 11.2. The SMILES string of the molecule is OC(c1ccc2ccccc2c1)c1cnn2ccncc12. The van der Waals surface area contributed by atoms with Gasteiger partial charge in [0.2, 0.25) is 0 Å². The molecule has 0 saturated heterocycles. The number of nitrogens with zero attached hydrogens (tertiary/aromatic N) is 3. The van der Waals surface area contributed by atoms with E-state index in [9.17, 15) is 5.11 Å². The van der Waals surface area contributed by atoms with Gasteiger partial charge in [-0.05, 0) is 22.4 Å². The van der Waals surface area contributed by atoms with Crippen molar-refractivity contribution in [1.82, 2.24) is 14.6 Å². The molecule has 0 bridgehead atoms.